The number of rotatable bonds is 4. The van der Waals surface area contributed by atoms with E-state index in [2.05, 4.69) is 10.3 Å². The van der Waals surface area contributed by atoms with Gasteiger partial charge in [0.05, 0.1) is 6.54 Å². The van der Waals surface area contributed by atoms with Gasteiger partial charge in [0, 0.05) is 24.2 Å². The van der Waals surface area contributed by atoms with E-state index >= 15 is 0 Å². The first-order chi connectivity index (χ1) is 8.68. The monoisotopic (exact) mass is 245 g/mol. The molecule has 5 nitrogen and oxygen atoms in total. The summed E-state index contributed by atoms with van der Waals surface area (Å²) in [6.45, 7) is 2.34. The van der Waals surface area contributed by atoms with Crippen molar-refractivity contribution in [2.45, 2.75) is 6.92 Å². The maximum atomic E-state index is 10.7. The molecular formula is C13H15N3O2. The highest BCUT2D eigenvalue weighted by Crippen LogP contribution is 2.27. The van der Waals surface area contributed by atoms with Crippen LogP contribution in [0.25, 0.3) is 10.9 Å². The normalized spacial score (nSPS) is 10.3. The Bertz CT molecular complexity index is 569. The van der Waals surface area contributed by atoms with Crippen molar-refractivity contribution in [1.82, 2.24) is 10.3 Å². The maximum absolute atomic E-state index is 10.7. The van der Waals surface area contributed by atoms with Crippen molar-refractivity contribution >= 4 is 22.5 Å². The Hall–Kier alpha value is -2.30. The highest BCUT2D eigenvalue weighted by molar-refractivity contribution is 5.94. The zero-order valence-electron chi connectivity index (χ0n) is 10.1. The molecule has 1 heterocycles. The number of benzene rings is 1. The number of anilines is 1. The molecule has 1 aromatic carbocycles. The number of hydrogen-bond donors (Lipinski definition) is 2. The van der Waals surface area contributed by atoms with Crippen LogP contribution in [0.5, 0.6) is 5.75 Å². The summed E-state index contributed by atoms with van der Waals surface area (Å²) >= 11 is 0. The van der Waals surface area contributed by atoms with Crippen LogP contribution >= 0.6 is 0 Å². The average Bonchev–Trinajstić information content (AvgIpc) is 2.37. The summed E-state index contributed by atoms with van der Waals surface area (Å²) in [5.74, 6) is 0.601. The third-order valence-corrected chi connectivity index (χ3v) is 2.50. The summed E-state index contributed by atoms with van der Waals surface area (Å²) in [4.78, 5) is 15.0. The fraction of sp³-hybridized carbons (Fsp3) is 0.231. The fourth-order valence-corrected chi connectivity index (χ4v) is 1.67. The van der Waals surface area contributed by atoms with Gasteiger partial charge in [-0.2, -0.15) is 0 Å². The van der Waals surface area contributed by atoms with Crippen LogP contribution in [0.4, 0.5) is 5.69 Å². The van der Waals surface area contributed by atoms with Crippen molar-refractivity contribution in [3.63, 3.8) is 0 Å². The second-order valence-electron chi connectivity index (χ2n) is 3.88. The maximum Gasteiger partial charge on any atom is 0.216 e. The highest BCUT2D eigenvalue weighted by atomic mass is 16.5. The second kappa shape index (κ2) is 5.35. The molecule has 0 atom stereocenters. The van der Waals surface area contributed by atoms with E-state index in [9.17, 15) is 4.79 Å². The van der Waals surface area contributed by atoms with E-state index in [1.54, 1.807) is 18.3 Å². The first kappa shape index (κ1) is 12.2. The van der Waals surface area contributed by atoms with Crippen LogP contribution in [0.15, 0.2) is 30.5 Å². The lowest BCUT2D eigenvalue weighted by atomic mass is 10.2. The first-order valence-corrected chi connectivity index (χ1v) is 5.69. The predicted molar refractivity (Wildman–Crippen MR) is 70.3 cm³/mol. The van der Waals surface area contributed by atoms with E-state index in [-0.39, 0.29) is 5.91 Å². The zero-order valence-corrected chi connectivity index (χ0v) is 10.1. The SMILES string of the molecule is CC(=O)NCCOc1ccc(N)c2cccnc12. The Morgan fingerprint density at radius 3 is 3.06 bits per heavy atom. The molecule has 0 aliphatic rings. The number of amides is 1. The van der Waals surface area contributed by atoms with E-state index in [1.165, 1.54) is 6.92 Å². The standard InChI is InChI=1S/C13H15N3O2/c1-9(17)15-7-8-18-12-5-4-11(14)10-3-2-6-16-13(10)12/h2-6H,7-8,14H2,1H3,(H,15,17). The molecule has 0 saturated carbocycles. The number of nitrogens with two attached hydrogens (primary N) is 1. The van der Waals surface area contributed by atoms with Crippen LogP contribution in [-0.4, -0.2) is 24.0 Å². The van der Waals surface area contributed by atoms with Crippen LogP contribution in [0.2, 0.25) is 0 Å². The number of nitrogens with one attached hydrogen (secondary N) is 1. The van der Waals surface area contributed by atoms with Gasteiger partial charge in [0.1, 0.15) is 17.9 Å². The van der Waals surface area contributed by atoms with Crippen molar-refractivity contribution in [2.24, 2.45) is 0 Å². The van der Waals surface area contributed by atoms with E-state index in [4.69, 9.17) is 10.5 Å². The fourth-order valence-electron chi connectivity index (χ4n) is 1.67. The predicted octanol–water partition coefficient (Wildman–Crippen LogP) is 1.33. The molecule has 2 rings (SSSR count). The van der Waals surface area contributed by atoms with Crippen molar-refractivity contribution in [3.05, 3.63) is 30.5 Å². The molecule has 0 aliphatic carbocycles. The van der Waals surface area contributed by atoms with Crippen molar-refractivity contribution < 1.29 is 9.53 Å². The molecule has 0 radical (unpaired) electrons. The number of ether oxygens (including phenoxy) is 1. The lowest BCUT2D eigenvalue weighted by Gasteiger charge is -2.10. The Labute approximate surface area is 105 Å². The van der Waals surface area contributed by atoms with Crippen LogP contribution in [0.1, 0.15) is 6.92 Å². The quantitative estimate of drug-likeness (QED) is 0.629. The zero-order chi connectivity index (χ0) is 13.0. The minimum Gasteiger partial charge on any atom is -0.489 e. The number of carbonyl (C=O) groups excluding carboxylic acids is 1. The molecular weight excluding hydrogens is 230 g/mol. The first-order valence-electron chi connectivity index (χ1n) is 5.69. The Morgan fingerprint density at radius 1 is 1.44 bits per heavy atom. The summed E-state index contributed by atoms with van der Waals surface area (Å²) in [6, 6.07) is 7.31. The van der Waals surface area contributed by atoms with Crippen molar-refractivity contribution in [3.8, 4) is 5.75 Å². The molecule has 2 aromatic rings. The molecule has 0 spiro atoms. The van der Waals surface area contributed by atoms with Gasteiger partial charge in [0.15, 0.2) is 0 Å². The highest BCUT2D eigenvalue weighted by Gasteiger charge is 2.05. The summed E-state index contributed by atoms with van der Waals surface area (Å²) in [5, 5.41) is 3.54. The number of fused-ring (bicyclic) bond motifs is 1. The van der Waals surface area contributed by atoms with E-state index in [1.807, 2.05) is 12.1 Å². The molecule has 0 aliphatic heterocycles. The minimum atomic E-state index is -0.0705. The molecule has 0 bridgehead atoms. The number of pyridine rings is 1. The summed E-state index contributed by atoms with van der Waals surface area (Å²) in [7, 11) is 0. The van der Waals surface area contributed by atoms with Gasteiger partial charge >= 0.3 is 0 Å². The molecule has 3 N–H and O–H groups in total. The van der Waals surface area contributed by atoms with Gasteiger partial charge in [-0.05, 0) is 24.3 Å². The summed E-state index contributed by atoms with van der Waals surface area (Å²) < 4.78 is 5.59. The number of carbonyl (C=O) groups is 1. The molecule has 0 fully saturated rings. The van der Waals surface area contributed by atoms with E-state index in [0.29, 0.717) is 24.6 Å². The van der Waals surface area contributed by atoms with Crippen LogP contribution in [-0.2, 0) is 4.79 Å². The Balaban J connectivity index is 2.14. The lowest BCUT2D eigenvalue weighted by molar-refractivity contribution is -0.119. The van der Waals surface area contributed by atoms with Gasteiger partial charge in [-0.15, -0.1) is 0 Å². The number of hydrogen-bond acceptors (Lipinski definition) is 4. The van der Waals surface area contributed by atoms with E-state index < -0.39 is 0 Å². The molecule has 1 aromatic heterocycles. The van der Waals surface area contributed by atoms with Crippen molar-refractivity contribution in [1.29, 1.82) is 0 Å². The molecule has 5 heteroatoms. The third kappa shape index (κ3) is 2.68. The number of aromatic nitrogens is 1. The van der Waals surface area contributed by atoms with Gasteiger partial charge < -0.3 is 15.8 Å². The average molecular weight is 245 g/mol. The Kier molecular flexibility index (Phi) is 3.62. The largest absolute Gasteiger partial charge is 0.489 e. The van der Waals surface area contributed by atoms with Crippen molar-refractivity contribution in [2.75, 3.05) is 18.9 Å². The van der Waals surface area contributed by atoms with Gasteiger partial charge in [-0.25, -0.2) is 0 Å². The summed E-state index contributed by atoms with van der Waals surface area (Å²) in [5.41, 5.74) is 7.28. The summed E-state index contributed by atoms with van der Waals surface area (Å²) in [6.07, 6.45) is 1.70. The lowest BCUT2D eigenvalue weighted by Crippen LogP contribution is -2.25. The van der Waals surface area contributed by atoms with E-state index in [0.717, 1.165) is 10.9 Å². The van der Waals surface area contributed by atoms with Crippen LogP contribution < -0.4 is 15.8 Å². The van der Waals surface area contributed by atoms with Crippen LogP contribution in [0.3, 0.4) is 0 Å². The van der Waals surface area contributed by atoms with Gasteiger partial charge in [-0.3, -0.25) is 9.78 Å². The third-order valence-electron chi connectivity index (χ3n) is 2.50. The number of nitrogen functional groups attached to an aromatic ring is 1. The van der Waals surface area contributed by atoms with Gasteiger partial charge in [0.2, 0.25) is 5.91 Å². The molecule has 0 unspecified atom stereocenters. The molecule has 0 saturated heterocycles. The molecule has 18 heavy (non-hydrogen) atoms. The van der Waals surface area contributed by atoms with Gasteiger partial charge in [-0.1, -0.05) is 0 Å². The van der Waals surface area contributed by atoms with Crippen LogP contribution in [0, 0.1) is 0 Å². The number of nitrogens with zero attached hydrogens (tertiary/aromatic N) is 1. The second-order valence-corrected chi connectivity index (χ2v) is 3.88. The molecule has 94 valence electrons. The minimum absolute atomic E-state index is 0.0705. The Morgan fingerprint density at radius 2 is 2.28 bits per heavy atom. The topological polar surface area (TPSA) is 77.2 Å². The molecule has 1 amide bonds. The van der Waals surface area contributed by atoms with Gasteiger partial charge in [0.25, 0.3) is 0 Å². The smallest absolute Gasteiger partial charge is 0.216 e.